The lowest BCUT2D eigenvalue weighted by Gasteiger charge is -2.34. The Labute approximate surface area is 249 Å². The van der Waals surface area contributed by atoms with Gasteiger partial charge in [0.25, 0.3) is 0 Å². The zero-order valence-electron chi connectivity index (χ0n) is 22.1. The molecule has 0 N–H and O–H groups in total. The van der Waals surface area contributed by atoms with E-state index in [0.717, 1.165) is 67.1 Å². The van der Waals surface area contributed by atoms with E-state index in [-0.39, 0.29) is 5.91 Å². The van der Waals surface area contributed by atoms with Gasteiger partial charge < -0.3 is 4.90 Å². The summed E-state index contributed by atoms with van der Waals surface area (Å²) in [4.78, 5) is 17.3. The topological polar surface area (TPSA) is 54.3 Å². The van der Waals surface area contributed by atoms with Gasteiger partial charge >= 0.3 is 0 Å². The Kier molecular flexibility index (Phi) is 9.95. The van der Waals surface area contributed by atoms with E-state index < -0.39 is 0 Å². The van der Waals surface area contributed by atoms with E-state index in [1.807, 2.05) is 70.1 Å². The van der Waals surface area contributed by atoms with Crippen molar-refractivity contribution in [3.63, 3.8) is 0 Å². The summed E-state index contributed by atoms with van der Waals surface area (Å²) in [7, 11) is 0. The first kappa shape index (κ1) is 28.4. The first-order valence-corrected chi connectivity index (χ1v) is 15.1. The lowest BCUT2D eigenvalue weighted by Crippen LogP contribution is -2.48. The van der Waals surface area contributed by atoms with Crippen molar-refractivity contribution < 1.29 is 4.79 Å². The maximum absolute atomic E-state index is 12.9. The minimum atomic E-state index is 0.219. The van der Waals surface area contributed by atoms with Gasteiger partial charge in [-0.05, 0) is 30.2 Å². The number of thioether (sulfide) groups is 1. The summed E-state index contributed by atoms with van der Waals surface area (Å²) < 4.78 is 2.00. The van der Waals surface area contributed by atoms with Gasteiger partial charge in [0.1, 0.15) is 0 Å². The fourth-order valence-corrected chi connectivity index (χ4v) is 5.80. The molecule has 0 radical (unpaired) electrons. The molecule has 1 aromatic heterocycles. The predicted molar refractivity (Wildman–Crippen MR) is 165 cm³/mol. The van der Waals surface area contributed by atoms with E-state index in [9.17, 15) is 4.79 Å². The van der Waals surface area contributed by atoms with Gasteiger partial charge in [-0.3, -0.25) is 14.3 Å². The SMILES string of the molecule is O=C(CCCSc1nnc(-c2ccccc2)n1-c1ccc(Cl)c(Cl)c1)N1CCN(C/C=C/c2ccccc2)CC1. The van der Waals surface area contributed by atoms with Gasteiger partial charge in [-0.15, -0.1) is 10.2 Å². The molecule has 0 spiro atoms. The lowest BCUT2D eigenvalue weighted by atomic mass is 10.2. The monoisotopic (exact) mass is 591 g/mol. The minimum absolute atomic E-state index is 0.219. The number of rotatable bonds is 10. The fourth-order valence-electron chi connectivity index (χ4n) is 4.62. The van der Waals surface area contributed by atoms with E-state index in [1.165, 1.54) is 5.56 Å². The van der Waals surface area contributed by atoms with Crippen LogP contribution in [0.1, 0.15) is 18.4 Å². The van der Waals surface area contributed by atoms with Gasteiger partial charge in [-0.2, -0.15) is 0 Å². The minimum Gasteiger partial charge on any atom is -0.340 e. The number of benzene rings is 3. The Hall–Kier alpha value is -3.10. The van der Waals surface area contributed by atoms with Crippen molar-refractivity contribution in [1.29, 1.82) is 0 Å². The van der Waals surface area contributed by atoms with E-state index in [4.69, 9.17) is 23.2 Å². The Morgan fingerprint density at radius 1 is 0.875 bits per heavy atom. The van der Waals surface area contributed by atoms with Crippen molar-refractivity contribution in [3.05, 3.63) is 101 Å². The zero-order valence-corrected chi connectivity index (χ0v) is 24.5. The van der Waals surface area contributed by atoms with Gasteiger partial charge in [-0.1, -0.05) is 108 Å². The van der Waals surface area contributed by atoms with Gasteiger partial charge in [0.15, 0.2) is 11.0 Å². The average Bonchev–Trinajstić information content (AvgIpc) is 3.42. The Morgan fingerprint density at radius 2 is 1.60 bits per heavy atom. The Bertz CT molecular complexity index is 1440. The Balaban J connectivity index is 1.13. The van der Waals surface area contributed by atoms with Crippen molar-refractivity contribution >= 4 is 46.9 Å². The van der Waals surface area contributed by atoms with Crippen molar-refractivity contribution in [3.8, 4) is 17.1 Å². The maximum atomic E-state index is 12.9. The van der Waals surface area contributed by atoms with Crippen LogP contribution in [-0.4, -0.2) is 68.9 Å². The molecule has 1 fully saturated rings. The molecule has 1 aliphatic heterocycles. The molecule has 0 saturated carbocycles. The number of amides is 1. The molecule has 206 valence electrons. The molecule has 9 heteroatoms. The predicted octanol–water partition coefficient (Wildman–Crippen LogP) is 6.97. The first-order chi connectivity index (χ1) is 19.6. The molecule has 4 aromatic rings. The number of nitrogens with zero attached hydrogens (tertiary/aromatic N) is 5. The van der Waals surface area contributed by atoms with Gasteiger partial charge in [0.05, 0.1) is 15.7 Å². The molecule has 1 saturated heterocycles. The molecule has 5 rings (SSSR count). The van der Waals surface area contributed by atoms with Crippen LogP contribution in [-0.2, 0) is 4.79 Å². The third-order valence-electron chi connectivity index (χ3n) is 6.79. The van der Waals surface area contributed by atoms with Gasteiger partial charge in [0.2, 0.25) is 5.91 Å². The number of halogens is 2. The average molecular weight is 593 g/mol. The second kappa shape index (κ2) is 14.0. The summed E-state index contributed by atoms with van der Waals surface area (Å²) in [6, 6.07) is 25.8. The quantitative estimate of drug-likeness (QED) is 0.147. The molecule has 0 bridgehead atoms. The molecular formula is C31H31Cl2N5OS. The third-order valence-corrected chi connectivity index (χ3v) is 8.55. The molecule has 40 heavy (non-hydrogen) atoms. The normalized spacial score (nSPS) is 14.2. The summed E-state index contributed by atoms with van der Waals surface area (Å²) in [6.07, 6.45) is 5.64. The molecule has 1 aliphatic rings. The van der Waals surface area contributed by atoms with Crippen LogP contribution < -0.4 is 0 Å². The van der Waals surface area contributed by atoms with Crippen LogP contribution in [0.5, 0.6) is 0 Å². The van der Waals surface area contributed by atoms with Gasteiger partial charge in [-0.25, -0.2) is 0 Å². The van der Waals surface area contributed by atoms with Crippen molar-refractivity contribution in [2.45, 2.75) is 18.0 Å². The Morgan fingerprint density at radius 3 is 2.33 bits per heavy atom. The molecule has 6 nitrogen and oxygen atoms in total. The second-order valence-corrected chi connectivity index (χ2v) is 11.4. The summed E-state index contributed by atoms with van der Waals surface area (Å²) >= 11 is 14.1. The molecular weight excluding hydrogens is 561 g/mol. The van der Waals surface area contributed by atoms with Crippen molar-refractivity contribution in [2.24, 2.45) is 0 Å². The molecule has 0 atom stereocenters. The van der Waals surface area contributed by atoms with Crippen LogP contribution in [0.15, 0.2) is 90.1 Å². The summed E-state index contributed by atoms with van der Waals surface area (Å²) in [6.45, 7) is 4.25. The maximum Gasteiger partial charge on any atom is 0.222 e. The number of carbonyl (C=O) groups is 1. The third kappa shape index (κ3) is 7.34. The fraction of sp³-hybridized carbons (Fsp3) is 0.258. The zero-order chi connectivity index (χ0) is 27.7. The van der Waals surface area contributed by atoms with Crippen LogP contribution in [0.3, 0.4) is 0 Å². The molecule has 0 aliphatic carbocycles. The van der Waals surface area contributed by atoms with Crippen molar-refractivity contribution in [1.82, 2.24) is 24.6 Å². The number of hydrogen-bond acceptors (Lipinski definition) is 5. The van der Waals surface area contributed by atoms with E-state index in [0.29, 0.717) is 16.5 Å². The smallest absolute Gasteiger partial charge is 0.222 e. The molecule has 1 amide bonds. The van der Waals surface area contributed by atoms with Crippen molar-refractivity contribution in [2.75, 3.05) is 38.5 Å². The van der Waals surface area contributed by atoms with Crippen LogP contribution in [0, 0.1) is 0 Å². The van der Waals surface area contributed by atoms with Crippen LogP contribution in [0.25, 0.3) is 23.2 Å². The van der Waals surface area contributed by atoms with Gasteiger partial charge in [0, 0.05) is 50.5 Å². The number of aromatic nitrogens is 3. The summed E-state index contributed by atoms with van der Waals surface area (Å²) in [5.74, 6) is 1.70. The van der Waals surface area contributed by atoms with E-state index in [1.54, 1.807) is 17.8 Å². The van der Waals surface area contributed by atoms with Crippen LogP contribution in [0.4, 0.5) is 0 Å². The highest BCUT2D eigenvalue weighted by atomic mass is 35.5. The standard InChI is InChI=1S/C31H31Cl2N5OS/c32-27-16-15-26(23-28(27)33)38-30(25-12-5-2-6-13-25)34-35-31(38)40-22-8-14-29(39)37-20-18-36(19-21-37)17-7-11-24-9-3-1-4-10-24/h1-7,9-13,15-16,23H,8,14,17-22H2/b11-7+. The summed E-state index contributed by atoms with van der Waals surface area (Å²) in [5, 5.41) is 10.7. The second-order valence-electron chi connectivity index (χ2n) is 9.55. The van der Waals surface area contributed by atoms with Crippen LogP contribution in [0.2, 0.25) is 10.0 Å². The van der Waals surface area contributed by atoms with E-state index >= 15 is 0 Å². The number of piperazine rings is 1. The highest BCUT2D eigenvalue weighted by Gasteiger charge is 2.21. The lowest BCUT2D eigenvalue weighted by molar-refractivity contribution is -0.132. The highest BCUT2D eigenvalue weighted by molar-refractivity contribution is 7.99. The molecule has 2 heterocycles. The van der Waals surface area contributed by atoms with Crippen LogP contribution >= 0.6 is 35.0 Å². The molecule has 0 unspecified atom stereocenters. The largest absolute Gasteiger partial charge is 0.340 e. The number of hydrogen-bond donors (Lipinski definition) is 0. The van der Waals surface area contributed by atoms with E-state index in [2.05, 4.69) is 39.4 Å². The molecule has 3 aromatic carbocycles. The highest BCUT2D eigenvalue weighted by Crippen LogP contribution is 2.31. The summed E-state index contributed by atoms with van der Waals surface area (Å²) in [5.41, 5.74) is 3.01. The number of carbonyl (C=O) groups excluding carboxylic acids is 1. The first-order valence-electron chi connectivity index (χ1n) is 13.4.